The van der Waals surface area contributed by atoms with Crippen molar-refractivity contribution in [1.29, 1.82) is 0 Å². The average Bonchev–Trinajstić information content (AvgIpc) is 2.96. The number of anilines is 1. The molecule has 0 aliphatic carbocycles. The number of aliphatic imine (C=N–C) groups is 1. The van der Waals surface area contributed by atoms with Crippen molar-refractivity contribution >= 4 is 23.2 Å². The smallest absolute Gasteiger partial charge is 0.269 e. The fourth-order valence-electron chi connectivity index (χ4n) is 4.04. The predicted octanol–water partition coefficient (Wildman–Crippen LogP) is 4.97. The van der Waals surface area contributed by atoms with Crippen LogP contribution in [0.25, 0.3) is 0 Å². The molecule has 35 heavy (non-hydrogen) atoms. The molecule has 5 nitrogen and oxygen atoms in total. The maximum absolute atomic E-state index is 13.8. The van der Waals surface area contributed by atoms with Gasteiger partial charge in [-0.25, -0.2) is 13.2 Å². The number of amides is 2. The summed E-state index contributed by atoms with van der Waals surface area (Å²) in [4.78, 5) is 31.0. The second-order valence-corrected chi connectivity index (χ2v) is 8.67. The predicted molar refractivity (Wildman–Crippen MR) is 128 cm³/mol. The summed E-state index contributed by atoms with van der Waals surface area (Å²) in [6, 6.07) is 16.0. The summed E-state index contributed by atoms with van der Waals surface area (Å²) in [6.07, 6.45) is -1.20. The maximum Gasteiger partial charge on any atom is 0.269 e. The van der Waals surface area contributed by atoms with Crippen LogP contribution >= 0.6 is 0 Å². The van der Waals surface area contributed by atoms with Gasteiger partial charge in [0.1, 0.15) is 5.82 Å². The van der Waals surface area contributed by atoms with E-state index in [0.29, 0.717) is 22.5 Å². The Morgan fingerprint density at radius 1 is 1.00 bits per heavy atom. The Labute approximate surface area is 201 Å². The molecule has 1 aliphatic heterocycles. The lowest BCUT2D eigenvalue weighted by Crippen LogP contribution is -2.44. The molecule has 0 bridgehead atoms. The molecule has 0 spiro atoms. The quantitative estimate of drug-likeness (QED) is 0.524. The maximum atomic E-state index is 13.8. The van der Waals surface area contributed by atoms with Gasteiger partial charge in [0.15, 0.2) is 11.6 Å². The summed E-state index contributed by atoms with van der Waals surface area (Å²) < 4.78 is 40.8. The standard InChI is InChI=1S/C27H24F3N3O2/c1-15(2)24-19-5-3-4-6-23(19)31-27(35)25(32-24)33-26(34)20(17-8-10-18(28)11-9-17)13-16-7-12-21(29)22(30)14-16/h3-12,14-15,20,25H,13H2,1-2H3,(H,31,35)(H,33,34)/t20-,25?/m1/s1. The minimum Gasteiger partial charge on any atom is -0.326 e. The lowest BCUT2D eigenvalue weighted by atomic mass is 9.91. The number of fused-ring (bicyclic) bond motifs is 1. The first-order valence-electron chi connectivity index (χ1n) is 11.2. The van der Waals surface area contributed by atoms with Gasteiger partial charge >= 0.3 is 0 Å². The summed E-state index contributed by atoms with van der Waals surface area (Å²) in [6.45, 7) is 3.88. The molecule has 8 heteroatoms. The summed E-state index contributed by atoms with van der Waals surface area (Å²) >= 11 is 0. The zero-order valence-electron chi connectivity index (χ0n) is 19.2. The molecule has 0 saturated heterocycles. The van der Waals surface area contributed by atoms with Gasteiger partial charge in [0.2, 0.25) is 12.1 Å². The van der Waals surface area contributed by atoms with Crippen molar-refractivity contribution in [3.63, 3.8) is 0 Å². The molecule has 0 aromatic heterocycles. The highest BCUT2D eigenvalue weighted by Gasteiger charge is 2.30. The van der Waals surface area contributed by atoms with E-state index in [1.165, 1.54) is 30.3 Å². The Morgan fingerprint density at radius 2 is 1.71 bits per heavy atom. The molecule has 3 aromatic carbocycles. The van der Waals surface area contributed by atoms with Crippen molar-refractivity contribution < 1.29 is 22.8 Å². The van der Waals surface area contributed by atoms with Crippen molar-refractivity contribution in [2.24, 2.45) is 10.9 Å². The summed E-state index contributed by atoms with van der Waals surface area (Å²) in [5.41, 5.74) is 2.85. The van der Waals surface area contributed by atoms with Crippen molar-refractivity contribution in [2.45, 2.75) is 32.4 Å². The van der Waals surface area contributed by atoms with Crippen molar-refractivity contribution in [1.82, 2.24) is 5.32 Å². The number of hydrogen-bond donors (Lipinski definition) is 2. The van der Waals surface area contributed by atoms with Gasteiger partial charge in [-0.1, -0.05) is 50.2 Å². The van der Waals surface area contributed by atoms with E-state index < -0.39 is 41.3 Å². The van der Waals surface area contributed by atoms with Crippen LogP contribution in [0.5, 0.6) is 0 Å². The Kier molecular flexibility index (Phi) is 7.00. The molecule has 2 atom stereocenters. The zero-order chi connectivity index (χ0) is 25.1. The molecule has 2 amide bonds. The van der Waals surface area contributed by atoms with Crippen molar-refractivity contribution in [3.8, 4) is 0 Å². The fourth-order valence-corrected chi connectivity index (χ4v) is 4.04. The lowest BCUT2D eigenvalue weighted by molar-refractivity contribution is -0.127. The van der Waals surface area contributed by atoms with E-state index in [4.69, 9.17) is 0 Å². The number of carbonyl (C=O) groups excluding carboxylic acids is 2. The van der Waals surface area contributed by atoms with Crippen LogP contribution < -0.4 is 10.6 Å². The van der Waals surface area contributed by atoms with Gasteiger partial charge in [-0.15, -0.1) is 0 Å². The van der Waals surface area contributed by atoms with Crippen LogP contribution in [0.4, 0.5) is 18.9 Å². The third kappa shape index (κ3) is 5.42. The number of hydrogen-bond acceptors (Lipinski definition) is 3. The molecule has 1 unspecified atom stereocenters. The van der Waals surface area contributed by atoms with Gasteiger partial charge in [0, 0.05) is 17.0 Å². The normalized spacial score (nSPS) is 16.1. The Balaban J connectivity index is 1.66. The Bertz CT molecular complexity index is 1290. The molecule has 0 saturated carbocycles. The highest BCUT2D eigenvalue weighted by Crippen LogP contribution is 2.26. The summed E-state index contributed by atoms with van der Waals surface area (Å²) in [7, 11) is 0. The number of halogens is 3. The first-order valence-corrected chi connectivity index (χ1v) is 11.2. The Morgan fingerprint density at radius 3 is 2.40 bits per heavy atom. The molecule has 180 valence electrons. The molecular weight excluding hydrogens is 455 g/mol. The molecule has 0 radical (unpaired) electrons. The van der Waals surface area contributed by atoms with E-state index in [0.717, 1.165) is 17.7 Å². The monoisotopic (exact) mass is 479 g/mol. The third-order valence-corrected chi connectivity index (χ3v) is 5.82. The third-order valence-electron chi connectivity index (χ3n) is 5.82. The second kappa shape index (κ2) is 10.1. The molecule has 1 aliphatic rings. The van der Waals surface area contributed by atoms with Gasteiger partial charge < -0.3 is 10.6 Å². The number of nitrogens with one attached hydrogen (secondary N) is 2. The van der Waals surface area contributed by atoms with Gasteiger partial charge in [0.05, 0.1) is 5.92 Å². The first kappa shape index (κ1) is 24.2. The van der Waals surface area contributed by atoms with Crippen LogP contribution in [0, 0.1) is 23.4 Å². The number of rotatable bonds is 6. The van der Waals surface area contributed by atoms with E-state index in [1.54, 1.807) is 12.1 Å². The largest absolute Gasteiger partial charge is 0.326 e. The van der Waals surface area contributed by atoms with E-state index in [1.807, 2.05) is 26.0 Å². The van der Waals surface area contributed by atoms with Crippen LogP contribution in [0.15, 0.2) is 71.7 Å². The second-order valence-electron chi connectivity index (χ2n) is 8.67. The minimum atomic E-state index is -1.21. The Hall–Kier alpha value is -3.94. The van der Waals surface area contributed by atoms with Crippen molar-refractivity contribution in [2.75, 3.05) is 5.32 Å². The van der Waals surface area contributed by atoms with Crippen LogP contribution in [0.2, 0.25) is 0 Å². The minimum absolute atomic E-state index is 0.00395. The summed E-state index contributed by atoms with van der Waals surface area (Å²) in [5, 5.41) is 5.49. The molecule has 1 heterocycles. The molecule has 0 fully saturated rings. The highest BCUT2D eigenvalue weighted by molar-refractivity contribution is 6.13. The van der Waals surface area contributed by atoms with E-state index in [9.17, 15) is 22.8 Å². The topological polar surface area (TPSA) is 70.6 Å². The average molecular weight is 480 g/mol. The number of benzene rings is 3. The molecule has 2 N–H and O–H groups in total. The number of carbonyl (C=O) groups is 2. The number of benzodiazepines with no additional fused rings is 1. The van der Waals surface area contributed by atoms with Gasteiger partial charge in [-0.2, -0.15) is 0 Å². The van der Waals surface area contributed by atoms with Crippen LogP contribution in [0.3, 0.4) is 0 Å². The highest BCUT2D eigenvalue weighted by atomic mass is 19.2. The lowest BCUT2D eigenvalue weighted by Gasteiger charge is -2.21. The fraction of sp³-hybridized carbons (Fsp3) is 0.222. The van der Waals surface area contributed by atoms with Gasteiger partial charge in [0.25, 0.3) is 5.91 Å². The number of nitrogens with zero attached hydrogens (tertiary/aromatic N) is 1. The van der Waals surface area contributed by atoms with Crippen molar-refractivity contribution in [3.05, 3.63) is 101 Å². The molecular formula is C27H24F3N3O2. The summed E-state index contributed by atoms with van der Waals surface area (Å²) in [5.74, 6) is -4.51. The van der Waals surface area contributed by atoms with Gasteiger partial charge in [-0.05, 0) is 53.8 Å². The van der Waals surface area contributed by atoms with Crippen LogP contribution in [-0.4, -0.2) is 23.7 Å². The van der Waals surface area contributed by atoms with E-state index in [2.05, 4.69) is 15.6 Å². The first-order chi connectivity index (χ1) is 16.7. The van der Waals surface area contributed by atoms with Gasteiger partial charge in [-0.3, -0.25) is 14.6 Å². The van der Waals surface area contributed by atoms with E-state index >= 15 is 0 Å². The number of para-hydroxylation sites is 1. The van der Waals surface area contributed by atoms with E-state index in [-0.39, 0.29) is 12.3 Å². The molecule has 4 rings (SSSR count). The van der Waals surface area contributed by atoms with Crippen LogP contribution in [-0.2, 0) is 16.0 Å². The zero-order valence-corrected chi connectivity index (χ0v) is 19.2. The SMILES string of the molecule is CC(C)C1=NC(NC(=O)[C@H](Cc2ccc(F)c(F)c2)c2ccc(F)cc2)C(=O)Nc2ccccc21. The molecule has 3 aromatic rings. The van der Waals surface area contributed by atoms with Crippen LogP contribution in [0.1, 0.15) is 36.5 Å².